The average molecular weight is 386 g/mol. The van der Waals surface area contributed by atoms with Crippen molar-refractivity contribution in [1.82, 2.24) is 9.88 Å². The fourth-order valence-corrected chi connectivity index (χ4v) is 4.20. The van der Waals surface area contributed by atoms with Crippen molar-refractivity contribution in [1.29, 1.82) is 0 Å². The molecular weight excluding hydrogens is 360 g/mol. The average Bonchev–Trinajstić information content (AvgIpc) is 2.74. The van der Waals surface area contributed by atoms with Crippen molar-refractivity contribution in [3.05, 3.63) is 89.2 Å². The quantitative estimate of drug-likeness (QED) is 0.660. The maximum Gasteiger partial charge on any atom is 0.336 e. The van der Waals surface area contributed by atoms with E-state index in [-0.39, 0.29) is 0 Å². The molecule has 0 spiro atoms. The summed E-state index contributed by atoms with van der Waals surface area (Å²) in [6, 6.07) is 21.7. The number of rotatable bonds is 5. The molecular formula is C25H26N2O2. The van der Waals surface area contributed by atoms with Crippen LogP contribution in [-0.2, 0) is 6.54 Å². The van der Waals surface area contributed by atoms with Crippen LogP contribution >= 0.6 is 0 Å². The smallest absolute Gasteiger partial charge is 0.336 e. The molecule has 1 N–H and O–H groups in total. The van der Waals surface area contributed by atoms with Crippen molar-refractivity contribution in [2.75, 3.05) is 13.1 Å². The first-order valence-corrected chi connectivity index (χ1v) is 10.2. The third-order valence-electron chi connectivity index (χ3n) is 5.66. The van der Waals surface area contributed by atoms with Crippen LogP contribution in [0.15, 0.2) is 66.7 Å². The highest BCUT2D eigenvalue weighted by molar-refractivity contribution is 5.95. The van der Waals surface area contributed by atoms with Gasteiger partial charge in [0.2, 0.25) is 0 Å². The zero-order valence-corrected chi connectivity index (χ0v) is 16.7. The van der Waals surface area contributed by atoms with Gasteiger partial charge in [0.1, 0.15) is 0 Å². The molecule has 0 radical (unpaired) electrons. The van der Waals surface area contributed by atoms with E-state index in [0.29, 0.717) is 11.5 Å². The molecule has 1 fully saturated rings. The Morgan fingerprint density at radius 1 is 1.07 bits per heavy atom. The van der Waals surface area contributed by atoms with Gasteiger partial charge in [-0.2, -0.15) is 0 Å². The highest BCUT2D eigenvalue weighted by Gasteiger charge is 2.22. The van der Waals surface area contributed by atoms with Gasteiger partial charge < -0.3 is 5.11 Å². The Morgan fingerprint density at radius 3 is 2.62 bits per heavy atom. The lowest BCUT2D eigenvalue weighted by atomic mass is 9.93. The van der Waals surface area contributed by atoms with E-state index in [1.165, 1.54) is 24.1 Å². The lowest BCUT2D eigenvalue weighted by Crippen LogP contribution is -2.34. The molecule has 1 aromatic heterocycles. The van der Waals surface area contributed by atoms with Crippen molar-refractivity contribution >= 4 is 5.97 Å². The standard InChI is InChI=1S/C25H26N2O2/c1-18-6-4-10-24(26-18)21-7-5-15-27(17-21)16-19-11-13-20(14-12-19)22-8-2-3-9-23(22)25(28)29/h2-4,6,8-14,21H,5,7,15-17H2,1H3,(H,28,29)/t21-/m1/s1. The number of carboxylic acids is 1. The SMILES string of the molecule is Cc1cccc([C@@H]2CCCN(Cc3ccc(-c4ccccc4C(=O)O)cc3)C2)n1. The summed E-state index contributed by atoms with van der Waals surface area (Å²) < 4.78 is 0. The molecule has 1 atom stereocenters. The van der Waals surface area contributed by atoms with Crippen molar-refractivity contribution in [3.63, 3.8) is 0 Å². The Bertz CT molecular complexity index is 998. The van der Waals surface area contributed by atoms with Gasteiger partial charge in [-0.25, -0.2) is 4.79 Å². The van der Waals surface area contributed by atoms with Gasteiger partial charge in [-0.15, -0.1) is 0 Å². The molecule has 0 aliphatic carbocycles. The number of aromatic carboxylic acids is 1. The lowest BCUT2D eigenvalue weighted by Gasteiger charge is -2.32. The minimum absolute atomic E-state index is 0.338. The molecule has 0 unspecified atom stereocenters. The first-order chi connectivity index (χ1) is 14.1. The summed E-state index contributed by atoms with van der Waals surface area (Å²) in [5, 5.41) is 9.42. The molecule has 0 bridgehead atoms. The first kappa shape index (κ1) is 19.3. The Balaban J connectivity index is 1.46. The molecule has 4 nitrogen and oxygen atoms in total. The maximum absolute atomic E-state index is 11.5. The number of pyridine rings is 1. The van der Waals surface area contributed by atoms with Gasteiger partial charge in [0.15, 0.2) is 0 Å². The monoisotopic (exact) mass is 386 g/mol. The molecule has 2 aromatic carbocycles. The number of hydrogen-bond donors (Lipinski definition) is 1. The number of piperidine rings is 1. The van der Waals surface area contributed by atoms with Crippen LogP contribution in [-0.4, -0.2) is 34.0 Å². The third kappa shape index (κ3) is 4.54. The van der Waals surface area contributed by atoms with Crippen molar-refractivity contribution in [3.8, 4) is 11.1 Å². The van der Waals surface area contributed by atoms with Gasteiger partial charge in [-0.05, 0) is 61.2 Å². The second-order valence-corrected chi connectivity index (χ2v) is 7.83. The Labute approximate surface area is 171 Å². The fourth-order valence-electron chi connectivity index (χ4n) is 4.20. The first-order valence-electron chi connectivity index (χ1n) is 10.2. The van der Waals surface area contributed by atoms with Crippen molar-refractivity contribution < 1.29 is 9.90 Å². The van der Waals surface area contributed by atoms with E-state index < -0.39 is 5.97 Å². The lowest BCUT2D eigenvalue weighted by molar-refractivity contribution is 0.0697. The zero-order valence-electron chi connectivity index (χ0n) is 16.7. The summed E-state index contributed by atoms with van der Waals surface area (Å²) in [6.07, 6.45) is 2.38. The Hall–Kier alpha value is -2.98. The third-order valence-corrected chi connectivity index (χ3v) is 5.66. The molecule has 29 heavy (non-hydrogen) atoms. The van der Waals surface area contributed by atoms with Crippen molar-refractivity contribution in [2.24, 2.45) is 0 Å². The van der Waals surface area contributed by atoms with E-state index >= 15 is 0 Å². The van der Waals surface area contributed by atoms with E-state index in [9.17, 15) is 9.90 Å². The topological polar surface area (TPSA) is 53.4 Å². The number of carboxylic acid groups (broad SMARTS) is 1. The summed E-state index contributed by atoms with van der Waals surface area (Å²) in [4.78, 5) is 18.7. The summed E-state index contributed by atoms with van der Waals surface area (Å²) in [5.74, 6) is -0.404. The van der Waals surface area contributed by atoms with E-state index in [1.807, 2.05) is 37.3 Å². The maximum atomic E-state index is 11.5. The molecule has 2 heterocycles. The van der Waals surface area contributed by atoms with Gasteiger partial charge in [0.25, 0.3) is 0 Å². The number of likely N-dealkylation sites (tertiary alicyclic amines) is 1. The van der Waals surface area contributed by atoms with Gasteiger partial charge in [0.05, 0.1) is 5.56 Å². The predicted molar refractivity (Wildman–Crippen MR) is 115 cm³/mol. The van der Waals surface area contributed by atoms with Crippen LogP contribution in [0.1, 0.15) is 46.1 Å². The fraction of sp³-hybridized carbons (Fsp3) is 0.280. The van der Waals surface area contributed by atoms with Crippen LogP contribution in [0.5, 0.6) is 0 Å². The summed E-state index contributed by atoms with van der Waals surface area (Å²) >= 11 is 0. The predicted octanol–water partition coefficient (Wildman–Crippen LogP) is 5.13. The largest absolute Gasteiger partial charge is 0.478 e. The van der Waals surface area contributed by atoms with Gasteiger partial charge in [0, 0.05) is 30.4 Å². The highest BCUT2D eigenvalue weighted by atomic mass is 16.4. The highest BCUT2D eigenvalue weighted by Crippen LogP contribution is 2.28. The van der Waals surface area contributed by atoms with Crippen LogP contribution in [0.2, 0.25) is 0 Å². The zero-order chi connectivity index (χ0) is 20.2. The number of nitrogens with zero attached hydrogens (tertiary/aromatic N) is 2. The summed E-state index contributed by atoms with van der Waals surface area (Å²) in [5.41, 5.74) is 5.57. The van der Waals surface area contributed by atoms with Crippen LogP contribution in [0.3, 0.4) is 0 Å². The van der Waals surface area contributed by atoms with E-state index in [2.05, 4.69) is 29.2 Å². The molecule has 4 heteroatoms. The minimum atomic E-state index is -0.895. The summed E-state index contributed by atoms with van der Waals surface area (Å²) in [6.45, 7) is 5.09. The minimum Gasteiger partial charge on any atom is -0.478 e. The molecule has 4 rings (SSSR count). The molecule has 1 aliphatic rings. The number of benzene rings is 2. The molecule has 0 saturated carbocycles. The van der Waals surface area contributed by atoms with Gasteiger partial charge in [-0.1, -0.05) is 48.5 Å². The van der Waals surface area contributed by atoms with Crippen LogP contribution in [0, 0.1) is 6.92 Å². The second kappa shape index (κ2) is 8.58. The van der Waals surface area contributed by atoms with E-state index in [4.69, 9.17) is 4.98 Å². The van der Waals surface area contributed by atoms with Gasteiger partial charge >= 0.3 is 5.97 Å². The van der Waals surface area contributed by atoms with Crippen LogP contribution in [0.25, 0.3) is 11.1 Å². The Kier molecular flexibility index (Phi) is 5.72. The normalized spacial score (nSPS) is 17.2. The number of aromatic nitrogens is 1. The molecule has 1 aliphatic heterocycles. The van der Waals surface area contributed by atoms with E-state index in [0.717, 1.165) is 36.5 Å². The van der Waals surface area contributed by atoms with Crippen molar-refractivity contribution in [2.45, 2.75) is 32.2 Å². The summed E-state index contributed by atoms with van der Waals surface area (Å²) in [7, 11) is 0. The Morgan fingerprint density at radius 2 is 1.86 bits per heavy atom. The second-order valence-electron chi connectivity index (χ2n) is 7.83. The number of carbonyl (C=O) groups is 1. The molecule has 3 aromatic rings. The molecule has 1 saturated heterocycles. The van der Waals surface area contributed by atoms with Crippen LogP contribution in [0.4, 0.5) is 0 Å². The number of aryl methyl sites for hydroxylation is 1. The molecule has 148 valence electrons. The van der Waals surface area contributed by atoms with Crippen LogP contribution < -0.4 is 0 Å². The van der Waals surface area contributed by atoms with Gasteiger partial charge in [-0.3, -0.25) is 9.88 Å². The van der Waals surface area contributed by atoms with E-state index in [1.54, 1.807) is 12.1 Å². The number of hydrogen-bond acceptors (Lipinski definition) is 3. The molecule has 0 amide bonds.